The molecule has 2 aromatic rings. The highest BCUT2D eigenvalue weighted by Crippen LogP contribution is 2.24. The lowest BCUT2D eigenvalue weighted by atomic mass is 10.1. The Morgan fingerprint density at radius 3 is 2.71 bits per heavy atom. The molecule has 0 amide bonds. The fourth-order valence-corrected chi connectivity index (χ4v) is 1.80. The van der Waals surface area contributed by atoms with Gasteiger partial charge in [-0.1, -0.05) is 25.1 Å². The van der Waals surface area contributed by atoms with Crippen molar-refractivity contribution in [1.29, 1.82) is 0 Å². The summed E-state index contributed by atoms with van der Waals surface area (Å²) in [5.74, 6) is 1.24. The van der Waals surface area contributed by atoms with Crippen LogP contribution in [-0.2, 0) is 0 Å². The number of hydrogen-bond acceptors (Lipinski definition) is 4. The van der Waals surface area contributed by atoms with E-state index in [2.05, 4.69) is 22.4 Å². The quantitative estimate of drug-likeness (QED) is 0.879. The van der Waals surface area contributed by atoms with Crippen LogP contribution in [0.25, 0.3) is 11.5 Å². The molecule has 0 fully saturated rings. The van der Waals surface area contributed by atoms with Gasteiger partial charge in [-0.2, -0.15) is 0 Å². The van der Waals surface area contributed by atoms with Crippen molar-refractivity contribution in [2.75, 3.05) is 7.05 Å². The van der Waals surface area contributed by atoms with E-state index in [0.717, 1.165) is 17.5 Å². The van der Waals surface area contributed by atoms with Crippen LogP contribution in [0.4, 0.5) is 0 Å². The number of nitrogens with zero attached hydrogens (tertiary/aromatic N) is 2. The maximum absolute atomic E-state index is 5.71. The molecule has 0 aliphatic rings. The average molecular weight is 231 g/mol. The largest absolute Gasteiger partial charge is 0.419 e. The van der Waals surface area contributed by atoms with Crippen molar-refractivity contribution >= 4 is 0 Å². The van der Waals surface area contributed by atoms with Gasteiger partial charge in [0.25, 0.3) is 0 Å². The summed E-state index contributed by atoms with van der Waals surface area (Å²) < 4.78 is 5.71. The van der Waals surface area contributed by atoms with Gasteiger partial charge in [-0.25, -0.2) is 0 Å². The van der Waals surface area contributed by atoms with E-state index in [9.17, 15) is 0 Å². The molecule has 90 valence electrons. The number of benzene rings is 1. The van der Waals surface area contributed by atoms with E-state index in [4.69, 9.17) is 4.42 Å². The summed E-state index contributed by atoms with van der Waals surface area (Å²) in [5, 5.41) is 11.4. The fraction of sp³-hybridized carbons (Fsp3) is 0.385. The minimum atomic E-state index is 0.125. The average Bonchev–Trinajstić information content (AvgIpc) is 2.81. The van der Waals surface area contributed by atoms with Crippen LogP contribution in [0, 0.1) is 6.92 Å². The van der Waals surface area contributed by atoms with Crippen molar-refractivity contribution in [3.8, 4) is 11.5 Å². The van der Waals surface area contributed by atoms with Gasteiger partial charge in [-0.05, 0) is 32.0 Å². The second-order valence-electron chi connectivity index (χ2n) is 4.01. The first-order valence-electron chi connectivity index (χ1n) is 5.83. The first-order chi connectivity index (χ1) is 8.26. The zero-order chi connectivity index (χ0) is 12.3. The van der Waals surface area contributed by atoms with Gasteiger partial charge in [0.2, 0.25) is 11.8 Å². The molecular weight excluding hydrogens is 214 g/mol. The Labute approximate surface area is 101 Å². The SMILES string of the molecule is CCC(NC)c1nnc(-c2ccccc2C)o1. The standard InChI is InChI=1S/C13H17N3O/c1-4-11(14-3)13-16-15-12(17-13)10-8-6-5-7-9(10)2/h5-8,11,14H,4H2,1-3H3. The molecule has 1 atom stereocenters. The Morgan fingerprint density at radius 1 is 1.29 bits per heavy atom. The molecule has 0 aliphatic carbocycles. The summed E-state index contributed by atoms with van der Waals surface area (Å²) in [7, 11) is 1.89. The van der Waals surface area contributed by atoms with Crippen molar-refractivity contribution in [1.82, 2.24) is 15.5 Å². The monoisotopic (exact) mass is 231 g/mol. The third-order valence-electron chi connectivity index (χ3n) is 2.87. The van der Waals surface area contributed by atoms with E-state index in [0.29, 0.717) is 11.8 Å². The summed E-state index contributed by atoms with van der Waals surface area (Å²) in [4.78, 5) is 0. The fourth-order valence-electron chi connectivity index (χ4n) is 1.80. The highest BCUT2D eigenvalue weighted by atomic mass is 16.4. The van der Waals surface area contributed by atoms with Crippen LogP contribution >= 0.6 is 0 Å². The Kier molecular flexibility index (Phi) is 3.54. The van der Waals surface area contributed by atoms with Gasteiger partial charge in [-0.15, -0.1) is 10.2 Å². The van der Waals surface area contributed by atoms with Crippen LogP contribution in [0.1, 0.15) is 30.8 Å². The van der Waals surface area contributed by atoms with E-state index in [1.54, 1.807) is 0 Å². The third-order valence-corrected chi connectivity index (χ3v) is 2.87. The molecule has 0 saturated heterocycles. The Hall–Kier alpha value is -1.68. The normalized spacial score (nSPS) is 12.6. The van der Waals surface area contributed by atoms with Gasteiger partial charge >= 0.3 is 0 Å². The number of aryl methyl sites for hydroxylation is 1. The van der Waals surface area contributed by atoms with E-state index >= 15 is 0 Å². The Balaban J connectivity index is 2.33. The minimum absolute atomic E-state index is 0.125. The smallest absolute Gasteiger partial charge is 0.248 e. The second-order valence-corrected chi connectivity index (χ2v) is 4.01. The van der Waals surface area contributed by atoms with Crippen molar-refractivity contribution < 1.29 is 4.42 Å². The van der Waals surface area contributed by atoms with Crippen LogP contribution in [-0.4, -0.2) is 17.2 Å². The topological polar surface area (TPSA) is 51.0 Å². The zero-order valence-corrected chi connectivity index (χ0v) is 10.4. The maximum Gasteiger partial charge on any atom is 0.248 e. The highest BCUT2D eigenvalue weighted by Gasteiger charge is 2.16. The molecule has 4 heteroatoms. The number of hydrogen-bond donors (Lipinski definition) is 1. The van der Waals surface area contributed by atoms with Crippen LogP contribution < -0.4 is 5.32 Å². The molecular formula is C13H17N3O. The molecule has 1 aromatic heterocycles. The van der Waals surface area contributed by atoms with Crippen LogP contribution in [0.3, 0.4) is 0 Å². The molecule has 17 heavy (non-hydrogen) atoms. The molecule has 1 heterocycles. The molecule has 0 saturated carbocycles. The van der Waals surface area contributed by atoms with Crippen molar-refractivity contribution in [2.24, 2.45) is 0 Å². The molecule has 1 N–H and O–H groups in total. The van der Waals surface area contributed by atoms with E-state index in [1.807, 2.05) is 38.2 Å². The summed E-state index contributed by atoms with van der Waals surface area (Å²) in [5.41, 5.74) is 2.14. The molecule has 0 radical (unpaired) electrons. The first-order valence-corrected chi connectivity index (χ1v) is 5.83. The second kappa shape index (κ2) is 5.10. The summed E-state index contributed by atoms with van der Waals surface area (Å²) in [6.45, 7) is 4.12. The molecule has 0 bridgehead atoms. The lowest BCUT2D eigenvalue weighted by Crippen LogP contribution is -2.15. The van der Waals surface area contributed by atoms with E-state index in [-0.39, 0.29) is 6.04 Å². The number of aromatic nitrogens is 2. The third kappa shape index (κ3) is 2.36. The summed E-state index contributed by atoms with van der Waals surface area (Å²) >= 11 is 0. The van der Waals surface area contributed by atoms with Crippen LogP contribution in [0.2, 0.25) is 0 Å². The van der Waals surface area contributed by atoms with Crippen LogP contribution in [0.15, 0.2) is 28.7 Å². The Morgan fingerprint density at radius 2 is 2.06 bits per heavy atom. The van der Waals surface area contributed by atoms with Crippen molar-refractivity contribution in [2.45, 2.75) is 26.3 Å². The van der Waals surface area contributed by atoms with Gasteiger partial charge in [0.15, 0.2) is 0 Å². The highest BCUT2D eigenvalue weighted by molar-refractivity contribution is 5.57. The predicted molar refractivity (Wildman–Crippen MR) is 66.6 cm³/mol. The molecule has 4 nitrogen and oxygen atoms in total. The lowest BCUT2D eigenvalue weighted by Gasteiger charge is -2.07. The molecule has 0 spiro atoms. The molecule has 0 aliphatic heterocycles. The number of nitrogens with one attached hydrogen (secondary N) is 1. The van der Waals surface area contributed by atoms with Gasteiger partial charge in [-0.3, -0.25) is 0 Å². The first kappa shape index (κ1) is 11.8. The molecule has 2 rings (SSSR count). The molecule has 1 aromatic carbocycles. The summed E-state index contributed by atoms with van der Waals surface area (Å²) in [6, 6.07) is 8.13. The lowest BCUT2D eigenvalue weighted by molar-refractivity contribution is 0.415. The van der Waals surface area contributed by atoms with Crippen molar-refractivity contribution in [3.05, 3.63) is 35.7 Å². The predicted octanol–water partition coefficient (Wildman–Crippen LogP) is 2.72. The van der Waals surface area contributed by atoms with Crippen molar-refractivity contribution in [3.63, 3.8) is 0 Å². The minimum Gasteiger partial charge on any atom is -0.419 e. The summed E-state index contributed by atoms with van der Waals surface area (Å²) in [6.07, 6.45) is 0.923. The van der Waals surface area contributed by atoms with Gasteiger partial charge < -0.3 is 9.73 Å². The Bertz CT molecular complexity index is 489. The molecule has 1 unspecified atom stereocenters. The van der Waals surface area contributed by atoms with Gasteiger partial charge in [0.1, 0.15) is 0 Å². The van der Waals surface area contributed by atoms with Gasteiger partial charge in [0, 0.05) is 5.56 Å². The number of rotatable bonds is 4. The van der Waals surface area contributed by atoms with E-state index < -0.39 is 0 Å². The maximum atomic E-state index is 5.71. The van der Waals surface area contributed by atoms with E-state index in [1.165, 1.54) is 0 Å². The zero-order valence-electron chi connectivity index (χ0n) is 10.4. The van der Waals surface area contributed by atoms with Crippen LogP contribution in [0.5, 0.6) is 0 Å². The van der Waals surface area contributed by atoms with Gasteiger partial charge in [0.05, 0.1) is 6.04 Å².